The van der Waals surface area contributed by atoms with Crippen LogP contribution < -0.4 is 0 Å². The minimum absolute atomic E-state index is 0.542. The van der Waals surface area contributed by atoms with Crippen molar-refractivity contribution < 1.29 is 4.79 Å². The van der Waals surface area contributed by atoms with Gasteiger partial charge in [-0.15, -0.1) is 0 Å². The summed E-state index contributed by atoms with van der Waals surface area (Å²) in [6.07, 6.45) is 3.41. The summed E-state index contributed by atoms with van der Waals surface area (Å²) in [5, 5.41) is 8.54. The zero-order chi connectivity index (χ0) is 13.1. The molecule has 0 radical (unpaired) electrons. The average Bonchev–Trinajstić information content (AvgIpc) is 2.87. The Morgan fingerprint density at radius 3 is 2.72 bits per heavy atom. The first kappa shape index (κ1) is 12.5. The molecule has 0 aliphatic heterocycles. The van der Waals surface area contributed by atoms with E-state index in [9.17, 15) is 4.79 Å². The van der Waals surface area contributed by atoms with Crippen molar-refractivity contribution in [2.45, 2.75) is 40.3 Å². The van der Waals surface area contributed by atoms with E-state index in [2.05, 4.69) is 22.1 Å². The lowest BCUT2D eigenvalue weighted by Gasteiger charge is -2.06. The third-order valence-electron chi connectivity index (χ3n) is 2.98. The first-order valence-corrected chi connectivity index (χ1v) is 6.03. The Morgan fingerprint density at radius 1 is 1.33 bits per heavy atom. The van der Waals surface area contributed by atoms with Crippen LogP contribution >= 0.6 is 0 Å². The van der Waals surface area contributed by atoms with Gasteiger partial charge in [0.15, 0.2) is 6.29 Å². The van der Waals surface area contributed by atoms with Crippen molar-refractivity contribution in [1.82, 2.24) is 24.5 Å². The molecular formula is C12H17N5O. The maximum Gasteiger partial charge on any atom is 0.153 e. The maximum absolute atomic E-state index is 10.9. The number of aldehydes is 1. The van der Waals surface area contributed by atoms with Gasteiger partial charge in [-0.2, -0.15) is 10.2 Å². The molecule has 0 aliphatic rings. The molecule has 0 fully saturated rings. The lowest BCUT2D eigenvalue weighted by atomic mass is 10.2. The van der Waals surface area contributed by atoms with Crippen LogP contribution in [0, 0.1) is 13.8 Å². The van der Waals surface area contributed by atoms with Gasteiger partial charge in [0.2, 0.25) is 0 Å². The predicted octanol–water partition coefficient (Wildman–Crippen LogP) is 1.36. The standard InChI is InChI=1S/C12H17N5O/c1-4-5-16-12(13-8-14-16)6-17-10(3)11(7-18)9(2)15-17/h7-8H,4-6H2,1-3H3. The maximum atomic E-state index is 10.9. The number of carbonyl (C=O) groups is 1. The molecule has 0 bridgehead atoms. The molecule has 0 N–H and O–H groups in total. The van der Waals surface area contributed by atoms with E-state index < -0.39 is 0 Å². The van der Waals surface area contributed by atoms with E-state index in [0.29, 0.717) is 12.1 Å². The Bertz CT molecular complexity index is 555. The van der Waals surface area contributed by atoms with E-state index in [4.69, 9.17) is 0 Å². The van der Waals surface area contributed by atoms with Gasteiger partial charge in [0.05, 0.1) is 11.3 Å². The lowest BCUT2D eigenvalue weighted by Crippen LogP contribution is -2.12. The van der Waals surface area contributed by atoms with Gasteiger partial charge in [0.1, 0.15) is 18.7 Å². The summed E-state index contributed by atoms with van der Waals surface area (Å²) in [6.45, 7) is 7.21. The molecule has 18 heavy (non-hydrogen) atoms. The largest absolute Gasteiger partial charge is 0.298 e. The molecule has 2 heterocycles. The van der Waals surface area contributed by atoms with Crippen LogP contribution in [-0.4, -0.2) is 30.8 Å². The molecule has 6 nitrogen and oxygen atoms in total. The first-order chi connectivity index (χ1) is 8.67. The molecule has 0 saturated heterocycles. The molecule has 0 atom stereocenters. The van der Waals surface area contributed by atoms with Crippen molar-refractivity contribution in [1.29, 1.82) is 0 Å². The summed E-state index contributed by atoms with van der Waals surface area (Å²) in [7, 11) is 0. The fourth-order valence-electron chi connectivity index (χ4n) is 1.98. The Balaban J connectivity index is 2.28. The monoisotopic (exact) mass is 247 g/mol. The number of aromatic nitrogens is 5. The molecule has 0 spiro atoms. The van der Waals surface area contributed by atoms with Crippen LogP contribution in [0.1, 0.15) is 40.9 Å². The second-order valence-corrected chi connectivity index (χ2v) is 4.26. The first-order valence-electron chi connectivity index (χ1n) is 6.03. The van der Waals surface area contributed by atoms with Gasteiger partial charge in [-0.3, -0.25) is 9.48 Å². The zero-order valence-corrected chi connectivity index (χ0v) is 10.9. The molecule has 2 aromatic heterocycles. The summed E-state index contributed by atoms with van der Waals surface area (Å²) in [5.41, 5.74) is 2.29. The van der Waals surface area contributed by atoms with Gasteiger partial charge in [0.25, 0.3) is 0 Å². The number of aryl methyl sites for hydroxylation is 2. The van der Waals surface area contributed by atoms with E-state index in [0.717, 1.165) is 36.5 Å². The molecule has 6 heteroatoms. The van der Waals surface area contributed by atoms with Crippen molar-refractivity contribution in [3.05, 3.63) is 29.1 Å². The highest BCUT2D eigenvalue weighted by molar-refractivity contribution is 5.78. The minimum atomic E-state index is 0.542. The Labute approximate surface area is 106 Å². The third kappa shape index (κ3) is 2.18. The Hall–Kier alpha value is -1.98. The highest BCUT2D eigenvalue weighted by Gasteiger charge is 2.13. The fourth-order valence-corrected chi connectivity index (χ4v) is 1.98. The minimum Gasteiger partial charge on any atom is -0.298 e. The Kier molecular flexibility index (Phi) is 3.55. The molecular weight excluding hydrogens is 230 g/mol. The lowest BCUT2D eigenvalue weighted by molar-refractivity contribution is 0.112. The van der Waals surface area contributed by atoms with Gasteiger partial charge in [0, 0.05) is 12.2 Å². The van der Waals surface area contributed by atoms with Gasteiger partial charge < -0.3 is 0 Å². The topological polar surface area (TPSA) is 65.6 Å². The normalized spacial score (nSPS) is 10.8. The van der Waals surface area contributed by atoms with Crippen molar-refractivity contribution >= 4 is 6.29 Å². The van der Waals surface area contributed by atoms with Crippen LogP contribution in [0.3, 0.4) is 0 Å². The van der Waals surface area contributed by atoms with Crippen molar-refractivity contribution in [3.8, 4) is 0 Å². The number of carbonyl (C=O) groups excluding carboxylic acids is 1. The van der Waals surface area contributed by atoms with E-state index in [1.54, 1.807) is 11.0 Å². The van der Waals surface area contributed by atoms with E-state index in [-0.39, 0.29) is 0 Å². The van der Waals surface area contributed by atoms with Crippen LogP contribution in [-0.2, 0) is 13.1 Å². The van der Waals surface area contributed by atoms with Crippen LogP contribution in [0.2, 0.25) is 0 Å². The van der Waals surface area contributed by atoms with Crippen LogP contribution in [0.25, 0.3) is 0 Å². The van der Waals surface area contributed by atoms with E-state index in [1.165, 1.54) is 0 Å². The summed E-state index contributed by atoms with van der Waals surface area (Å²) in [4.78, 5) is 15.2. The number of nitrogens with zero attached hydrogens (tertiary/aromatic N) is 5. The smallest absolute Gasteiger partial charge is 0.153 e. The van der Waals surface area contributed by atoms with Crippen LogP contribution in [0.4, 0.5) is 0 Å². The van der Waals surface area contributed by atoms with Gasteiger partial charge in [-0.1, -0.05) is 6.92 Å². The van der Waals surface area contributed by atoms with Crippen molar-refractivity contribution in [2.24, 2.45) is 0 Å². The number of hydrogen-bond donors (Lipinski definition) is 0. The van der Waals surface area contributed by atoms with Gasteiger partial charge in [-0.05, 0) is 20.3 Å². The summed E-state index contributed by atoms with van der Waals surface area (Å²) < 4.78 is 3.67. The zero-order valence-electron chi connectivity index (χ0n) is 10.9. The van der Waals surface area contributed by atoms with E-state index >= 15 is 0 Å². The number of rotatable bonds is 5. The summed E-state index contributed by atoms with van der Waals surface area (Å²) >= 11 is 0. The highest BCUT2D eigenvalue weighted by Crippen LogP contribution is 2.11. The molecule has 2 rings (SSSR count). The average molecular weight is 247 g/mol. The van der Waals surface area contributed by atoms with Crippen LogP contribution in [0.15, 0.2) is 6.33 Å². The molecule has 0 unspecified atom stereocenters. The van der Waals surface area contributed by atoms with Gasteiger partial charge >= 0.3 is 0 Å². The van der Waals surface area contributed by atoms with Gasteiger partial charge in [-0.25, -0.2) is 9.67 Å². The highest BCUT2D eigenvalue weighted by atomic mass is 16.1. The SMILES string of the molecule is CCCn1ncnc1Cn1nc(C)c(C=O)c1C. The Morgan fingerprint density at radius 2 is 2.11 bits per heavy atom. The molecule has 0 amide bonds. The fraction of sp³-hybridized carbons (Fsp3) is 0.500. The quantitative estimate of drug-likeness (QED) is 0.748. The molecule has 2 aromatic rings. The van der Waals surface area contributed by atoms with Crippen molar-refractivity contribution in [2.75, 3.05) is 0 Å². The van der Waals surface area contributed by atoms with E-state index in [1.807, 2.05) is 18.5 Å². The molecule has 96 valence electrons. The number of hydrogen-bond acceptors (Lipinski definition) is 4. The summed E-state index contributed by atoms with van der Waals surface area (Å²) in [5.74, 6) is 0.861. The molecule has 0 aromatic carbocycles. The predicted molar refractivity (Wildman–Crippen MR) is 66.5 cm³/mol. The molecule has 0 saturated carbocycles. The molecule has 0 aliphatic carbocycles. The van der Waals surface area contributed by atoms with Crippen LogP contribution in [0.5, 0.6) is 0 Å². The van der Waals surface area contributed by atoms with Crippen molar-refractivity contribution in [3.63, 3.8) is 0 Å². The second kappa shape index (κ2) is 5.12. The second-order valence-electron chi connectivity index (χ2n) is 4.26. The third-order valence-corrected chi connectivity index (χ3v) is 2.98. The summed E-state index contributed by atoms with van der Waals surface area (Å²) in [6, 6.07) is 0.